The summed E-state index contributed by atoms with van der Waals surface area (Å²) < 4.78 is 61.0. The van der Waals surface area contributed by atoms with E-state index in [0.29, 0.717) is 6.20 Å². The molecule has 134 valence electrons. The van der Waals surface area contributed by atoms with E-state index in [9.17, 15) is 26.4 Å². The van der Waals surface area contributed by atoms with Gasteiger partial charge >= 0.3 is 6.18 Å². The first kappa shape index (κ1) is 18.9. The number of carbonyl (C=O) groups is 1. The standard InChI is InChI=1S/C16H15F3N2O3S/c1-15(2,25(23,24)12-6-4-3-5-7-12)14(22)21-13-9-8-11(10-20-13)16(17,18)19/h3-10H,1-2H3,(H,20,21,22). The largest absolute Gasteiger partial charge is 0.417 e. The van der Waals surface area contributed by atoms with Gasteiger partial charge in [-0.15, -0.1) is 0 Å². The Hall–Kier alpha value is -2.42. The van der Waals surface area contributed by atoms with Gasteiger partial charge in [0, 0.05) is 6.20 Å². The van der Waals surface area contributed by atoms with Crippen molar-refractivity contribution in [1.82, 2.24) is 4.98 Å². The minimum Gasteiger partial charge on any atom is -0.309 e. The number of benzene rings is 1. The van der Waals surface area contributed by atoms with Gasteiger partial charge in [0.25, 0.3) is 0 Å². The van der Waals surface area contributed by atoms with Crippen molar-refractivity contribution in [1.29, 1.82) is 0 Å². The maximum atomic E-state index is 12.6. The number of carbonyl (C=O) groups excluding carboxylic acids is 1. The number of alkyl halides is 3. The van der Waals surface area contributed by atoms with E-state index in [2.05, 4.69) is 10.3 Å². The number of hydrogen-bond donors (Lipinski definition) is 1. The summed E-state index contributed by atoms with van der Waals surface area (Å²) in [4.78, 5) is 15.9. The van der Waals surface area contributed by atoms with Gasteiger partial charge in [-0.25, -0.2) is 13.4 Å². The van der Waals surface area contributed by atoms with Crippen LogP contribution in [0.4, 0.5) is 19.0 Å². The minimum atomic E-state index is -4.55. The van der Waals surface area contributed by atoms with E-state index in [-0.39, 0.29) is 10.7 Å². The highest BCUT2D eigenvalue weighted by molar-refractivity contribution is 7.93. The molecule has 1 aromatic carbocycles. The number of aromatic nitrogens is 1. The quantitative estimate of drug-likeness (QED) is 0.894. The summed E-state index contributed by atoms with van der Waals surface area (Å²) in [5.74, 6) is -1.07. The van der Waals surface area contributed by atoms with E-state index in [1.165, 1.54) is 38.1 Å². The van der Waals surface area contributed by atoms with Crippen molar-refractivity contribution in [3.8, 4) is 0 Å². The maximum Gasteiger partial charge on any atom is 0.417 e. The highest BCUT2D eigenvalue weighted by Gasteiger charge is 2.43. The fourth-order valence-corrected chi connectivity index (χ4v) is 3.32. The lowest BCUT2D eigenvalue weighted by atomic mass is 10.2. The van der Waals surface area contributed by atoms with E-state index in [0.717, 1.165) is 12.1 Å². The van der Waals surface area contributed by atoms with Gasteiger partial charge in [0.15, 0.2) is 9.84 Å². The summed E-state index contributed by atoms with van der Waals surface area (Å²) in [5.41, 5.74) is -0.971. The molecule has 0 bridgehead atoms. The van der Waals surface area contributed by atoms with Crippen LogP contribution in [0.5, 0.6) is 0 Å². The van der Waals surface area contributed by atoms with Gasteiger partial charge in [-0.2, -0.15) is 13.2 Å². The van der Waals surface area contributed by atoms with Crippen LogP contribution < -0.4 is 5.32 Å². The van der Waals surface area contributed by atoms with Crippen molar-refractivity contribution >= 4 is 21.6 Å². The maximum absolute atomic E-state index is 12.6. The Labute approximate surface area is 142 Å². The van der Waals surface area contributed by atoms with Crippen LogP contribution in [0.1, 0.15) is 19.4 Å². The number of pyridine rings is 1. The molecule has 0 saturated carbocycles. The molecule has 25 heavy (non-hydrogen) atoms. The van der Waals surface area contributed by atoms with Crippen molar-refractivity contribution < 1.29 is 26.4 Å². The summed E-state index contributed by atoms with van der Waals surface area (Å²) in [7, 11) is -4.01. The van der Waals surface area contributed by atoms with Crippen molar-refractivity contribution in [2.45, 2.75) is 29.7 Å². The van der Waals surface area contributed by atoms with Crippen LogP contribution in [0.3, 0.4) is 0 Å². The highest BCUT2D eigenvalue weighted by atomic mass is 32.2. The first-order valence-electron chi connectivity index (χ1n) is 7.10. The molecular formula is C16H15F3N2O3S. The predicted molar refractivity (Wildman–Crippen MR) is 85.6 cm³/mol. The number of hydrogen-bond acceptors (Lipinski definition) is 4. The zero-order valence-corrected chi connectivity index (χ0v) is 14.1. The van der Waals surface area contributed by atoms with Crippen LogP contribution in [0.15, 0.2) is 53.6 Å². The van der Waals surface area contributed by atoms with Gasteiger partial charge in [0.1, 0.15) is 10.6 Å². The zero-order chi connectivity index (χ0) is 18.9. The Morgan fingerprint density at radius 1 is 1.04 bits per heavy atom. The molecule has 0 atom stereocenters. The van der Waals surface area contributed by atoms with Gasteiger partial charge in [0.05, 0.1) is 10.5 Å². The zero-order valence-electron chi connectivity index (χ0n) is 13.3. The summed E-state index contributed by atoms with van der Waals surface area (Å²) in [6.07, 6.45) is -3.99. The fourth-order valence-electron chi connectivity index (χ4n) is 1.92. The molecule has 5 nitrogen and oxygen atoms in total. The molecule has 0 aliphatic heterocycles. The van der Waals surface area contributed by atoms with Crippen LogP contribution in [-0.2, 0) is 20.8 Å². The lowest BCUT2D eigenvalue weighted by Crippen LogP contribution is -2.44. The smallest absolute Gasteiger partial charge is 0.309 e. The van der Waals surface area contributed by atoms with Crippen LogP contribution in [0.2, 0.25) is 0 Å². The Morgan fingerprint density at radius 2 is 1.64 bits per heavy atom. The number of nitrogens with one attached hydrogen (secondary N) is 1. The SMILES string of the molecule is CC(C)(C(=O)Nc1ccc(C(F)(F)F)cn1)S(=O)(=O)c1ccccc1. The molecule has 0 radical (unpaired) electrons. The summed E-state index contributed by atoms with van der Waals surface area (Å²) in [6, 6.07) is 9.13. The molecule has 1 heterocycles. The monoisotopic (exact) mass is 372 g/mol. The van der Waals surface area contributed by atoms with Gasteiger partial charge in [-0.1, -0.05) is 18.2 Å². The van der Waals surface area contributed by atoms with E-state index in [1.807, 2.05) is 0 Å². The van der Waals surface area contributed by atoms with Crippen LogP contribution in [0, 0.1) is 0 Å². The Bertz CT molecular complexity index is 862. The average molecular weight is 372 g/mol. The number of anilines is 1. The molecule has 0 unspecified atom stereocenters. The summed E-state index contributed by atoms with van der Waals surface area (Å²) in [5, 5.41) is 2.24. The molecule has 1 amide bonds. The Balaban J connectivity index is 2.25. The lowest BCUT2D eigenvalue weighted by molar-refractivity contribution is -0.137. The van der Waals surface area contributed by atoms with Gasteiger partial charge < -0.3 is 5.32 Å². The molecule has 9 heteroatoms. The normalized spacial score (nSPS) is 12.7. The number of sulfone groups is 1. The van der Waals surface area contributed by atoms with Gasteiger partial charge in [-0.05, 0) is 38.1 Å². The molecule has 1 N–H and O–H groups in total. The number of rotatable bonds is 4. The molecule has 0 spiro atoms. The topological polar surface area (TPSA) is 76.1 Å². The van der Waals surface area contributed by atoms with Crippen molar-refractivity contribution in [3.05, 3.63) is 54.2 Å². The van der Waals surface area contributed by atoms with Gasteiger partial charge in [-0.3, -0.25) is 4.79 Å². The third-order valence-corrected chi connectivity index (χ3v) is 6.03. The molecule has 2 rings (SSSR count). The molecule has 0 saturated heterocycles. The predicted octanol–water partition coefficient (Wildman–Crippen LogP) is 3.29. The number of amides is 1. The van der Waals surface area contributed by atoms with Crippen LogP contribution in [-0.4, -0.2) is 24.1 Å². The fraction of sp³-hybridized carbons (Fsp3) is 0.250. The molecular weight excluding hydrogens is 357 g/mol. The van der Waals surface area contributed by atoms with Crippen molar-refractivity contribution in [3.63, 3.8) is 0 Å². The second kappa shape index (κ2) is 6.47. The van der Waals surface area contributed by atoms with E-state index in [4.69, 9.17) is 0 Å². The number of nitrogens with zero attached hydrogens (tertiary/aromatic N) is 1. The third-order valence-electron chi connectivity index (χ3n) is 3.60. The number of halogens is 3. The van der Waals surface area contributed by atoms with Gasteiger partial charge in [0.2, 0.25) is 5.91 Å². The molecule has 0 aliphatic rings. The third kappa shape index (κ3) is 3.81. The second-order valence-corrected chi connectivity index (χ2v) is 8.21. The lowest BCUT2D eigenvalue weighted by Gasteiger charge is -2.23. The summed E-state index contributed by atoms with van der Waals surface area (Å²) in [6.45, 7) is 2.43. The van der Waals surface area contributed by atoms with E-state index < -0.39 is 32.2 Å². The van der Waals surface area contributed by atoms with Crippen LogP contribution in [0.25, 0.3) is 0 Å². The molecule has 0 fully saturated rings. The first-order valence-corrected chi connectivity index (χ1v) is 8.59. The van der Waals surface area contributed by atoms with E-state index >= 15 is 0 Å². The Kier molecular flexibility index (Phi) is 4.90. The van der Waals surface area contributed by atoms with Crippen LogP contribution >= 0.6 is 0 Å². The molecule has 1 aromatic heterocycles. The molecule has 2 aromatic rings. The first-order chi connectivity index (χ1) is 11.5. The average Bonchev–Trinajstić information content (AvgIpc) is 2.55. The van der Waals surface area contributed by atoms with Crippen molar-refractivity contribution in [2.75, 3.05) is 5.32 Å². The van der Waals surface area contributed by atoms with Crippen molar-refractivity contribution in [2.24, 2.45) is 0 Å². The highest BCUT2D eigenvalue weighted by Crippen LogP contribution is 2.30. The van der Waals surface area contributed by atoms with E-state index in [1.54, 1.807) is 6.07 Å². The Morgan fingerprint density at radius 3 is 2.12 bits per heavy atom. The summed E-state index contributed by atoms with van der Waals surface area (Å²) >= 11 is 0. The molecule has 0 aliphatic carbocycles. The second-order valence-electron chi connectivity index (χ2n) is 5.71. The minimum absolute atomic E-state index is 0.0319.